The molecule has 0 radical (unpaired) electrons. The monoisotopic (exact) mass is 440 g/mol. The normalized spacial score (nSPS) is 11.6. The molecule has 0 fully saturated rings. The number of aliphatic hydroxyl groups is 1. The van der Waals surface area contributed by atoms with E-state index in [-0.39, 0.29) is 28.4 Å². The van der Waals surface area contributed by atoms with E-state index in [1.54, 1.807) is 10.9 Å². The number of amidine groups is 1. The van der Waals surface area contributed by atoms with Crippen LogP contribution in [0.1, 0.15) is 11.4 Å². The van der Waals surface area contributed by atoms with Crippen molar-refractivity contribution in [1.29, 1.82) is 0 Å². The Morgan fingerprint density at radius 2 is 2.22 bits per heavy atom. The lowest BCUT2D eigenvalue weighted by molar-refractivity contribution is 0.234. The summed E-state index contributed by atoms with van der Waals surface area (Å²) in [5, 5.41) is 36.4. The molecule has 11 nitrogen and oxygen atoms in total. The molecule has 0 bridgehead atoms. The van der Waals surface area contributed by atoms with Gasteiger partial charge >= 0.3 is 0 Å². The van der Waals surface area contributed by atoms with Gasteiger partial charge in [0.05, 0.1) is 29.5 Å². The van der Waals surface area contributed by atoms with E-state index in [1.165, 1.54) is 18.2 Å². The SMILES string of the molecule is OCc1cn(CCNc2nonc2C(=Nc2ccc(F)c(Br)c2)NO)nn1. The van der Waals surface area contributed by atoms with Crippen molar-refractivity contribution in [1.82, 2.24) is 30.8 Å². The Bertz CT molecular complexity index is 944. The summed E-state index contributed by atoms with van der Waals surface area (Å²) < 4.78 is 19.8. The van der Waals surface area contributed by atoms with Gasteiger partial charge in [-0.3, -0.25) is 15.4 Å². The standard InChI is InChI=1S/C14H14BrFN8O3/c15-10-5-8(1-2-11(10)16)18-14(20-26)12-13(22-27-21-12)17-3-4-24-6-9(7-25)19-23-24/h1-2,5-6,25-26H,3-4,7H2,(H,17,22)(H,18,20). The molecule has 3 rings (SSSR count). The van der Waals surface area contributed by atoms with Crippen LogP contribution in [0.4, 0.5) is 15.9 Å². The second kappa shape index (κ2) is 8.66. The molecule has 4 N–H and O–H groups in total. The number of nitrogens with one attached hydrogen (secondary N) is 2. The number of aliphatic imine (C=N–C) groups is 1. The summed E-state index contributed by atoms with van der Waals surface area (Å²) in [6.07, 6.45) is 1.61. The van der Waals surface area contributed by atoms with Crippen molar-refractivity contribution in [3.05, 3.63) is 46.1 Å². The second-order valence-electron chi connectivity index (χ2n) is 5.19. The van der Waals surface area contributed by atoms with Gasteiger partial charge in [0.1, 0.15) is 11.5 Å². The average molecular weight is 441 g/mol. The summed E-state index contributed by atoms with van der Waals surface area (Å²) in [7, 11) is 0. The van der Waals surface area contributed by atoms with Gasteiger partial charge < -0.3 is 10.4 Å². The smallest absolute Gasteiger partial charge is 0.202 e. The van der Waals surface area contributed by atoms with Crippen LogP contribution in [0.5, 0.6) is 0 Å². The topological polar surface area (TPSA) is 147 Å². The van der Waals surface area contributed by atoms with Crippen LogP contribution in [0.3, 0.4) is 0 Å². The van der Waals surface area contributed by atoms with E-state index in [9.17, 15) is 9.60 Å². The Kier molecular flexibility index (Phi) is 6.05. The molecular weight excluding hydrogens is 427 g/mol. The van der Waals surface area contributed by atoms with Crippen LogP contribution in [0, 0.1) is 5.82 Å². The highest BCUT2D eigenvalue weighted by atomic mass is 79.9. The van der Waals surface area contributed by atoms with Crippen LogP contribution >= 0.6 is 15.9 Å². The maximum Gasteiger partial charge on any atom is 0.202 e. The molecule has 0 aliphatic heterocycles. The zero-order chi connectivity index (χ0) is 19.2. The zero-order valence-corrected chi connectivity index (χ0v) is 15.3. The molecule has 2 aromatic heterocycles. The largest absolute Gasteiger partial charge is 0.390 e. The Balaban J connectivity index is 1.71. The quantitative estimate of drug-likeness (QED) is 0.241. The van der Waals surface area contributed by atoms with E-state index < -0.39 is 5.82 Å². The first-order valence-corrected chi connectivity index (χ1v) is 8.40. The molecule has 0 aliphatic rings. The lowest BCUT2D eigenvalue weighted by Crippen LogP contribution is -2.22. The molecule has 3 aromatic rings. The summed E-state index contributed by atoms with van der Waals surface area (Å²) in [5.41, 5.74) is 2.89. The number of halogens is 2. The van der Waals surface area contributed by atoms with Crippen LogP contribution in [-0.4, -0.2) is 48.0 Å². The van der Waals surface area contributed by atoms with Crippen molar-refractivity contribution < 1.29 is 19.3 Å². The number of hydroxylamine groups is 1. The van der Waals surface area contributed by atoms with Crippen LogP contribution in [-0.2, 0) is 13.2 Å². The molecule has 142 valence electrons. The molecule has 0 unspecified atom stereocenters. The van der Waals surface area contributed by atoms with Gasteiger partial charge in [-0.1, -0.05) is 5.21 Å². The van der Waals surface area contributed by atoms with Crippen molar-refractivity contribution in [2.45, 2.75) is 13.2 Å². The highest BCUT2D eigenvalue weighted by Gasteiger charge is 2.16. The highest BCUT2D eigenvalue weighted by Crippen LogP contribution is 2.23. The third-order valence-electron chi connectivity index (χ3n) is 3.34. The minimum atomic E-state index is -0.435. The lowest BCUT2D eigenvalue weighted by Gasteiger charge is -2.06. The van der Waals surface area contributed by atoms with Crippen molar-refractivity contribution in [2.24, 2.45) is 4.99 Å². The van der Waals surface area contributed by atoms with Crippen LogP contribution in [0.2, 0.25) is 0 Å². The third kappa shape index (κ3) is 4.64. The molecule has 0 amide bonds. The fourth-order valence-corrected chi connectivity index (χ4v) is 2.45. The second-order valence-corrected chi connectivity index (χ2v) is 6.04. The molecule has 2 heterocycles. The fourth-order valence-electron chi connectivity index (χ4n) is 2.08. The van der Waals surface area contributed by atoms with Crippen molar-refractivity contribution in [3.63, 3.8) is 0 Å². The molecule has 0 spiro atoms. The van der Waals surface area contributed by atoms with Gasteiger partial charge in [-0.05, 0) is 44.4 Å². The number of anilines is 1. The lowest BCUT2D eigenvalue weighted by atomic mass is 10.3. The first-order chi connectivity index (χ1) is 13.1. The van der Waals surface area contributed by atoms with Gasteiger partial charge in [-0.25, -0.2) is 14.0 Å². The number of hydrogen-bond donors (Lipinski definition) is 4. The Labute approximate surface area is 160 Å². The highest BCUT2D eigenvalue weighted by molar-refractivity contribution is 9.10. The van der Waals surface area contributed by atoms with Crippen molar-refractivity contribution in [2.75, 3.05) is 11.9 Å². The summed E-state index contributed by atoms with van der Waals surface area (Å²) in [6, 6.07) is 4.11. The minimum Gasteiger partial charge on any atom is -0.390 e. The maximum absolute atomic E-state index is 13.3. The van der Waals surface area contributed by atoms with Gasteiger partial charge in [0, 0.05) is 6.54 Å². The number of nitrogens with zero attached hydrogens (tertiary/aromatic N) is 6. The van der Waals surface area contributed by atoms with E-state index in [1.807, 2.05) is 5.48 Å². The van der Waals surface area contributed by atoms with Crippen molar-refractivity contribution >= 4 is 33.3 Å². The first-order valence-electron chi connectivity index (χ1n) is 7.61. The van der Waals surface area contributed by atoms with Gasteiger partial charge in [-0.2, -0.15) is 0 Å². The predicted octanol–water partition coefficient (Wildman–Crippen LogP) is 1.22. The van der Waals surface area contributed by atoms with E-state index in [2.05, 4.69) is 46.9 Å². The van der Waals surface area contributed by atoms with E-state index >= 15 is 0 Å². The number of hydrogen-bond acceptors (Lipinski definition) is 9. The number of rotatable bonds is 7. The molecule has 1 aromatic carbocycles. The molecule has 0 aliphatic carbocycles. The van der Waals surface area contributed by atoms with Crippen LogP contribution in [0.15, 0.2) is 38.5 Å². The molecule has 27 heavy (non-hydrogen) atoms. The minimum absolute atomic E-state index is 0.0411. The number of benzene rings is 1. The van der Waals surface area contributed by atoms with Gasteiger partial charge in [0.2, 0.25) is 5.82 Å². The fraction of sp³-hybridized carbons (Fsp3) is 0.214. The molecular formula is C14H14BrFN8O3. The van der Waals surface area contributed by atoms with E-state index in [4.69, 9.17) is 9.74 Å². The zero-order valence-electron chi connectivity index (χ0n) is 13.7. The Hall–Kier alpha value is -2.90. The number of aromatic nitrogens is 5. The van der Waals surface area contributed by atoms with Crippen molar-refractivity contribution in [3.8, 4) is 0 Å². The summed E-state index contributed by atoms with van der Waals surface area (Å²) in [4.78, 5) is 4.16. The van der Waals surface area contributed by atoms with Crippen LogP contribution in [0.25, 0.3) is 0 Å². The third-order valence-corrected chi connectivity index (χ3v) is 3.95. The summed E-state index contributed by atoms with van der Waals surface area (Å²) in [6.45, 7) is 0.631. The molecule has 0 atom stereocenters. The van der Waals surface area contributed by atoms with Gasteiger partial charge in [0.25, 0.3) is 0 Å². The number of aliphatic hydroxyl groups excluding tert-OH is 1. The van der Waals surface area contributed by atoms with E-state index in [0.29, 0.717) is 24.5 Å². The summed E-state index contributed by atoms with van der Waals surface area (Å²) >= 11 is 3.07. The Morgan fingerprint density at radius 1 is 1.37 bits per heavy atom. The Morgan fingerprint density at radius 3 is 2.93 bits per heavy atom. The molecule has 13 heteroatoms. The molecule has 0 saturated heterocycles. The molecule has 0 saturated carbocycles. The van der Waals surface area contributed by atoms with Gasteiger partial charge in [-0.15, -0.1) is 5.10 Å². The average Bonchev–Trinajstić information content (AvgIpc) is 3.32. The maximum atomic E-state index is 13.3. The van der Waals surface area contributed by atoms with E-state index in [0.717, 1.165) is 0 Å². The van der Waals surface area contributed by atoms with Gasteiger partial charge in [0.15, 0.2) is 11.5 Å². The first kappa shape index (κ1) is 18.9. The summed E-state index contributed by atoms with van der Waals surface area (Å²) in [5.74, 6) is -0.241. The predicted molar refractivity (Wildman–Crippen MR) is 94.0 cm³/mol. The van der Waals surface area contributed by atoms with Crippen LogP contribution < -0.4 is 10.8 Å².